The van der Waals surface area contributed by atoms with Crippen molar-refractivity contribution in [3.05, 3.63) is 15.8 Å². The number of rotatable bonds is 5. The van der Waals surface area contributed by atoms with Crippen LogP contribution >= 0.6 is 0 Å². The third kappa shape index (κ3) is 2.95. The summed E-state index contributed by atoms with van der Waals surface area (Å²) < 4.78 is 1.57. The summed E-state index contributed by atoms with van der Waals surface area (Å²) in [6, 6.07) is 0.0878. The van der Waals surface area contributed by atoms with Gasteiger partial charge in [-0.3, -0.25) is 10.1 Å². The predicted molar refractivity (Wildman–Crippen MR) is 66.8 cm³/mol. The summed E-state index contributed by atoms with van der Waals surface area (Å²) in [5, 5.41) is 15.0. The van der Waals surface area contributed by atoms with Gasteiger partial charge < -0.3 is 5.73 Å². The number of nitrogens with zero attached hydrogens (tertiary/aromatic N) is 3. The van der Waals surface area contributed by atoms with E-state index in [0.29, 0.717) is 11.6 Å². The molecule has 0 amide bonds. The Balaban J connectivity index is 2.91. The quantitative estimate of drug-likeness (QED) is 0.633. The Labute approximate surface area is 101 Å². The Morgan fingerprint density at radius 3 is 2.41 bits per heavy atom. The van der Waals surface area contributed by atoms with Crippen molar-refractivity contribution in [2.24, 2.45) is 5.92 Å². The van der Waals surface area contributed by atoms with Crippen molar-refractivity contribution in [3.8, 4) is 0 Å². The smallest absolute Gasteiger partial charge is 0.333 e. The first-order valence-corrected chi connectivity index (χ1v) is 5.83. The number of hydrogen-bond acceptors (Lipinski definition) is 4. The van der Waals surface area contributed by atoms with Crippen LogP contribution in [0.5, 0.6) is 0 Å². The van der Waals surface area contributed by atoms with E-state index in [-0.39, 0.29) is 17.5 Å². The molecule has 0 radical (unpaired) electrons. The molecular formula is C11H20N4O2. The van der Waals surface area contributed by atoms with Crippen molar-refractivity contribution in [2.45, 2.75) is 46.6 Å². The molecule has 0 aliphatic carbocycles. The molecule has 0 fully saturated rings. The van der Waals surface area contributed by atoms with Gasteiger partial charge >= 0.3 is 5.69 Å². The highest BCUT2D eigenvalue weighted by Gasteiger charge is 2.24. The first-order valence-electron chi connectivity index (χ1n) is 5.83. The van der Waals surface area contributed by atoms with E-state index < -0.39 is 4.92 Å². The maximum Gasteiger partial charge on any atom is 0.333 e. The first kappa shape index (κ1) is 13.5. The molecule has 1 unspecified atom stereocenters. The van der Waals surface area contributed by atoms with Gasteiger partial charge in [-0.15, -0.1) is 0 Å². The first-order chi connectivity index (χ1) is 7.84. The number of hydrogen-bond donors (Lipinski definition) is 1. The number of aromatic nitrogens is 2. The molecule has 1 rings (SSSR count). The Bertz CT molecular complexity index is 412. The van der Waals surface area contributed by atoms with Gasteiger partial charge in [-0.2, -0.15) is 5.10 Å². The van der Waals surface area contributed by atoms with Crippen LogP contribution in [0, 0.1) is 23.0 Å². The van der Waals surface area contributed by atoms with E-state index in [2.05, 4.69) is 18.9 Å². The molecular weight excluding hydrogens is 220 g/mol. The molecule has 0 aliphatic heterocycles. The zero-order valence-electron chi connectivity index (χ0n) is 10.8. The SMILES string of the molecule is Cc1nn(C(C)CCC(C)C)c(N)c1[N+](=O)[O-]. The van der Waals surface area contributed by atoms with Crippen molar-refractivity contribution in [3.63, 3.8) is 0 Å². The fourth-order valence-electron chi connectivity index (χ4n) is 1.82. The lowest BCUT2D eigenvalue weighted by Gasteiger charge is -2.14. The molecule has 0 spiro atoms. The van der Waals surface area contributed by atoms with Crippen LogP contribution < -0.4 is 5.73 Å². The summed E-state index contributed by atoms with van der Waals surface area (Å²) in [5.41, 5.74) is 6.08. The molecule has 0 saturated carbocycles. The average Bonchev–Trinajstić information content (AvgIpc) is 2.50. The second-order valence-corrected chi connectivity index (χ2v) is 4.84. The van der Waals surface area contributed by atoms with Crippen LogP contribution in [0.15, 0.2) is 0 Å². The minimum Gasteiger partial charge on any atom is -0.378 e. The second kappa shape index (κ2) is 5.16. The minimum absolute atomic E-state index is 0.0682. The summed E-state index contributed by atoms with van der Waals surface area (Å²) in [7, 11) is 0. The molecule has 0 saturated heterocycles. The second-order valence-electron chi connectivity index (χ2n) is 4.84. The summed E-state index contributed by atoms with van der Waals surface area (Å²) in [4.78, 5) is 10.3. The van der Waals surface area contributed by atoms with Crippen LogP contribution in [0.3, 0.4) is 0 Å². The maximum atomic E-state index is 10.8. The highest BCUT2D eigenvalue weighted by atomic mass is 16.6. The number of aryl methyl sites for hydroxylation is 1. The lowest BCUT2D eigenvalue weighted by atomic mass is 10.0. The van der Waals surface area contributed by atoms with E-state index in [1.165, 1.54) is 0 Å². The molecule has 17 heavy (non-hydrogen) atoms. The summed E-state index contributed by atoms with van der Waals surface area (Å²) >= 11 is 0. The summed E-state index contributed by atoms with van der Waals surface area (Å²) in [5.74, 6) is 0.758. The molecule has 0 aromatic carbocycles. The monoisotopic (exact) mass is 240 g/mol. The van der Waals surface area contributed by atoms with Gasteiger partial charge in [-0.05, 0) is 32.6 Å². The van der Waals surface area contributed by atoms with Crippen molar-refractivity contribution in [1.82, 2.24) is 9.78 Å². The van der Waals surface area contributed by atoms with Crippen LogP contribution in [-0.2, 0) is 0 Å². The van der Waals surface area contributed by atoms with Crippen molar-refractivity contribution < 1.29 is 4.92 Å². The normalized spacial score (nSPS) is 13.0. The van der Waals surface area contributed by atoms with Crippen LogP contribution in [0.1, 0.15) is 45.3 Å². The van der Waals surface area contributed by atoms with E-state index in [4.69, 9.17) is 5.73 Å². The van der Waals surface area contributed by atoms with Crippen LogP contribution in [0.4, 0.5) is 11.5 Å². The number of nitro groups is 1. The topological polar surface area (TPSA) is 87.0 Å². The summed E-state index contributed by atoms with van der Waals surface area (Å²) in [6.45, 7) is 7.88. The predicted octanol–water partition coefficient (Wildman–Crippen LogP) is 2.68. The van der Waals surface area contributed by atoms with Crippen LogP contribution in [0.2, 0.25) is 0 Å². The third-order valence-corrected chi connectivity index (χ3v) is 2.85. The number of nitrogen functional groups attached to an aromatic ring is 1. The van der Waals surface area contributed by atoms with E-state index in [1.807, 2.05) is 6.92 Å². The van der Waals surface area contributed by atoms with Crippen LogP contribution in [0.25, 0.3) is 0 Å². The van der Waals surface area contributed by atoms with E-state index in [9.17, 15) is 10.1 Å². The lowest BCUT2D eigenvalue weighted by molar-refractivity contribution is -0.384. The van der Waals surface area contributed by atoms with Crippen LogP contribution in [-0.4, -0.2) is 14.7 Å². The Morgan fingerprint density at radius 1 is 1.41 bits per heavy atom. The van der Waals surface area contributed by atoms with E-state index in [1.54, 1.807) is 11.6 Å². The highest BCUT2D eigenvalue weighted by Crippen LogP contribution is 2.29. The average molecular weight is 240 g/mol. The molecule has 2 N–H and O–H groups in total. The molecule has 6 nitrogen and oxygen atoms in total. The number of nitrogens with two attached hydrogens (primary N) is 1. The third-order valence-electron chi connectivity index (χ3n) is 2.85. The molecule has 1 atom stereocenters. The Hall–Kier alpha value is -1.59. The van der Waals surface area contributed by atoms with E-state index >= 15 is 0 Å². The lowest BCUT2D eigenvalue weighted by Crippen LogP contribution is -2.11. The zero-order valence-corrected chi connectivity index (χ0v) is 10.8. The molecule has 1 aromatic heterocycles. The molecule has 6 heteroatoms. The highest BCUT2D eigenvalue weighted by molar-refractivity contribution is 5.56. The Morgan fingerprint density at radius 2 is 2.00 bits per heavy atom. The largest absolute Gasteiger partial charge is 0.378 e. The van der Waals surface area contributed by atoms with Crippen molar-refractivity contribution in [1.29, 1.82) is 0 Å². The van der Waals surface area contributed by atoms with Crippen molar-refractivity contribution in [2.75, 3.05) is 5.73 Å². The standard InChI is InChI=1S/C11H20N4O2/c1-7(2)5-6-8(3)14-11(12)10(15(16)17)9(4)13-14/h7-8H,5-6,12H2,1-4H3. The van der Waals surface area contributed by atoms with Crippen molar-refractivity contribution >= 4 is 11.5 Å². The summed E-state index contributed by atoms with van der Waals surface area (Å²) in [6.07, 6.45) is 1.97. The Kier molecular flexibility index (Phi) is 4.09. The molecule has 0 aliphatic rings. The molecule has 1 aromatic rings. The zero-order chi connectivity index (χ0) is 13.2. The van der Waals surface area contributed by atoms with Gasteiger partial charge in [-0.1, -0.05) is 13.8 Å². The fourth-order valence-corrected chi connectivity index (χ4v) is 1.82. The molecule has 0 bridgehead atoms. The van der Waals surface area contributed by atoms with Gasteiger partial charge in [0, 0.05) is 0 Å². The fraction of sp³-hybridized carbons (Fsp3) is 0.727. The molecule has 1 heterocycles. The van der Waals surface area contributed by atoms with Gasteiger partial charge in [0.05, 0.1) is 11.0 Å². The van der Waals surface area contributed by atoms with E-state index in [0.717, 1.165) is 12.8 Å². The maximum absolute atomic E-state index is 10.8. The van der Waals surface area contributed by atoms with Gasteiger partial charge in [0.25, 0.3) is 0 Å². The van der Waals surface area contributed by atoms with Gasteiger partial charge in [0.1, 0.15) is 5.69 Å². The number of anilines is 1. The molecule has 96 valence electrons. The van der Waals surface area contributed by atoms with Gasteiger partial charge in [-0.25, -0.2) is 4.68 Å². The van der Waals surface area contributed by atoms with Gasteiger partial charge in [0.2, 0.25) is 5.82 Å². The minimum atomic E-state index is -0.469. The van der Waals surface area contributed by atoms with Gasteiger partial charge in [0.15, 0.2) is 0 Å².